The Hall–Kier alpha value is -0.790. The number of hydrogen-bond acceptors (Lipinski definition) is 6. The van der Waals surface area contributed by atoms with Crippen LogP contribution in [0.3, 0.4) is 0 Å². The van der Waals surface area contributed by atoms with Gasteiger partial charge in [-0.1, -0.05) is 18.5 Å². The first-order chi connectivity index (χ1) is 12.2. The first-order valence-electron chi connectivity index (χ1n) is 9.12. The van der Waals surface area contributed by atoms with Crippen LogP contribution in [0.2, 0.25) is 5.15 Å². The van der Waals surface area contributed by atoms with Crippen LogP contribution in [0.25, 0.3) is 10.2 Å². The quantitative estimate of drug-likeness (QED) is 0.545. The van der Waals surface area contributed by atoms with Gasteiger partial charge in [-0.15, -0.1) is 11.3 Å². The first kappa shape index (κ1) is 17.6. The minimum atomic E-state index is 0.597. The van der Waals surface area contributed by atoms with Crippen LogP contribution in [0.15, 0.2) is 6.33 Å². The standard InChI is InChI=1S/C18H25ClN4OS/c1-3-6-22(7-8-24-2)15-10-23(15)12-4-5-13-14(9-12)25-18-16(13)17(19)20-11-21-18/h11-12,15H,3-10H2,1-2H3. The number of nitrogens with zero attached hydrogens (tertiary/aromatic N) is 4. The molecule has 1 fully saturated rings. The Morgan fingerprint density at radius 2 is 2.28 bits per heavy atom. The molecule has 1 saturated heterocycles. The molecule has 0 radical (unpaired) electrons. The molecule has 0 N–H and O–H groups in total. The topological polar surface area (TPSA) is 41.3 Å². The van der Waals surface area contributed by atoms with Crippen molar-refractivity contribution >= 4 is 33.2 Å². The maximum atomic E-state index is 6.32. The van der Waals surface area contributed by atoms with Gasteiger partial charge in [-0.3, -0.25) is 9.80 Å². The summed E-state index contributed by atoms with van der Waals surface area (Å²) in [4.78, 5) is 16.3. The van der Waals surface area contributed by atoms with Crippen LogP contribution >= 0.6 is 22.9 Å². The molecule has 0 amide bonds. The van der Waals surface area contributed by atoms with E-state index >= 15 is 0 Å². The highest BCUT2D eigenvalue weighted by Gasteiger charge is 2.44. The zero-order valence-corrected chi connectivity index (χ0v) is 16.4. The lowest BCUT2D eigenvalue weighted by molar-refractivity contribution is 0.123. The van der Waals surface area contributed by atoms with E-state index in [-0.39, 0.29) is 0 Å². The second kappa shape index (κ2) is 7.45. The van der Waals surface area contributed by atoms with Crippen LogP contribution in [0.4, 0.5) is 0 Å². The maximum Gasteiger partial charge on any atom is 0.141 e. The molecule has 136 valence electrons. The van der Waals surface area contributed by atoms with E-state index in [0.717, 1.165) is 42.8 Å². The molecule has 3 atom stereocenters. The number of aryl methyl sites for hydroxylation is 1. The molecule has 0 saturated carbocycles. The van der Waals surface area contributed by atoms with Gasteiger partial charge in [-0.2, -0.15) is 0 Å². The molecular weight excluding hydrogens is 356 g/mol. The van der Waals surface area contributed by atoms with Crippen molar-refractivity contribution in [3.63, 3.8) is 0 Å². The van der Waals surface area contributed by atoms with E-state index in [0.29, 0.717) is 17.4 Å². The summed E-state index contributed by atoms with van der Waals surface area (Å²) >= 11 is 8.12. The van der Waals surface area contributed by atoms with Gasteiger partial charge in [0.15, 0.2) is 0 Å². The average molecular weight is 381 g/mol. The number of thiophene rings is 1. The van der Waals surface area contributed by atoms with E-state index in [2.05, 4.69) is 26.7 Å². The minimum absolute atomic E-state index is 0.597. The summed E-state index contributed by atoms with van der Waals surface area (Å²) in [5.74, 6) is 0. The molecule has 2 aromatic rings. The zero-order valence-electron chi connectivity index (χ0n) is 14.9. The molecule has 25 heavy (non-hydrogen) atoms. The Bertz CT molecular complexity index is 752. The molecule has 5 nitrogen and oxygen atoms in total. The van der Waals surface area contributed by atoms with Crippen LogP contribution in [-0.4, -0.2) is 65.3 Å². The number of halogens is 1. The van der Waals surface area contributed by atoms with Gasteiger partial charge in [0.1, 0.15) is 16.3 Å². The highest BCUT2D eigenvalue weighted by molar-refractivity contribution is 7.19. The van der Waals surface area contributed by atoms with Gasteiger partial charge >= 0.3 is 0 Å². The van der Waals surface area contributed by atoms with Crippen molar-refractivity contribution in [1.82, 2.24) is 19.8 Å². The fraction of sp³-hybridized carbons (Fsp3) is 0.667. The Labute approximate surface area is 157 Å². The predicted molar refractivity (Wildman–Crippen MR) is 102 cm³/mol. The Balaban J connectivity index is 1.46. The molecule has 7 heteroatoms. The van der Waals surface area contributed by atoms with Crippen molar-refractivity contribution in [1.29, 1.82) is 0 Å². The summed E-state index contributed by atoms with van der Waals surface area (Å²) in [6.45, 7) is 6.43. The third-order valence-corrected chi connectivity index (χ3v) is 6.83. The minimum Gasteiger partial charge on any atom is -0.383 e. The molecule has 4 rings (SSSR count). The smallest absolute Gasteiger partial charge is 0.141 e. The Morgan fingerprint density at radius 3 is 3.08 bits per heavy atom. The number of hydrogen-bond donors (Lipinski definition) is 0. The summed E-state index contributed by atoms with van der Waals surface area (Å²) < 4.78 is 5.28. The van der Waals surface area contributed by atoms with Crippen LogP contribution < -0.4 is 0 Å². The van der Waals surface area contributed by atoms with E-state index in [1.165, 1.54) is 29.8 Å². The van der Waals surface area contributed by atoms with Crippen molar-refractivity contribution < 1.29 is 4.74 Å². The third kappa shape index (κ3) is 3.43. The predicted octanol–water partition coefficient (Wildman–Crippen LogP) is 3.20. The van der Waals surface area contributed by atoms with Crippen LogP contribution in [0, 0.1) is 0 Å². The van der Waals surface area contributed by atoms with E-state index in [9.17, 15) is 0 Å². The van der Waals surface area contributed by atoms with E-state index in [1.807, 2.05) is 0 Å². The highest BCUT2D eigenvalue weighted by Crippen LogP contribution is 2.41. The summed E-state index contributed by atoms with van der Waals surface area (Å²) in [7, 11) is 1.78. The van der Waals surface area contributed by atoms with Crippen LogP contribution in [0.1, 0.15) is 30.2 Å². The summed E-state index contributed by atoms with van der Waals surface area (Å²) in [5.41, 5.74) is 1.39. The lowest BCUT2D eigenvalue weighted by Gasteiger charge is -2.27. The Kier molecular flexibility index (Phi) is 5.25. The molecule has 2 aromatic heterocycles. The molecule has 3 unspecified atom stereocenters. The Morgan fingerprint density at radius 1 is 1.40 bits per heavy atom. The zero-order chi connectivity index (χ0) is 17.4. The number of ether oxygens (including phenoxy) is 1. The van der Waals surface area contributed by atoms with Crippen molar-refractivity contribution in [3.8, 4) is 0 Å². The van der Waals surface area contributed by atoms with Crippen molar-refractivity contribution in [2.45, 2.75) is 44.8 Å². The molecule has 1 aliphatic carbocycles. The van der Waals surface area contributed by atoms with Crippen molar-refractivity contribution in [2.75, 3.05) is 33.4 Å². The maximum absolute atomic E-state index is 6.32. The van der Waals surface area contributed by atoms with E-state index in [4.69, 9.17) is 16.3 Å². The van der Waals surface area contributed by atoms with Crippen molar-refractivity contribution in [2.24, 2.45) is 0 Å². The van der Waals surface area contributed by atoms with E-state index < -0.39 is 0 Å². The number of methoxy groups -OCH3 is 1. The van der Waals surface area contributed by atoms with Crippen LogP contribution in [0.5, 0.6) is 0 Å². The first-order valence-corrected chi connectivity index (χ1v) is 10.3. The molecular formula is C18H25ClN4OS. The van der Waals surface area contributed by atoms with Crippen molar-refractivity contribution in [3.05, 3.63) is 21.9 Å². The lowest BCUT2D eigenvalue weighted by atomic mass is 9.93. The molecule has 1 aliphatic heterocycles. The number of rotatable bonds is 7. The van der Waals surface area contributed by atoms with Gasteiger partial charge < -0.3 is 4.74 Å². The van der Waals surface area contributed by atoms with Gasteiger partial charge in [0.05, 0.1) is 18.2 Å². The van der Waals surface area contributed by atoms with Gasteiger partial charge in [0, 0.05) is 31.1 Å². The monoisotopic (exact) mass is 380 g/mol. The lowest BCUT2D eigenvalue weighted by Crippen LogP contribution is -2.37. The molecule has 2 aliphatic rings. The van der Waals surface area contributed by atoms with Gasteiger partial charge in [0.25, 0.3) is 0 Å². The average Bonchev–Trinajstić information content (AvgIpc) is 3.31. The highest BCUT2D eigenvalue weighted by atomic mass is 35.5. The second-order valence-electron chi connectivity index (χ2n) is 6.95. The summed E-state index contributed by atoms with van der Waals surface area (Å²) in [6.07, 6.45) is 6.76. The molecule has 3 heterocycles. The second-order valence-corrected chi connectivity index (χ2v) is 8.39. The fourth-order valence-electron chi connectivity index (χ4n) is 4.10. The molecule has 0 aromatic carbocycles. The van der Waals surface area contributed by atoms with Crippen LogP contribution in [-0.2, 0) is 17.6 Å². The number of aromatic nitrogens is 2. The SMILES string of the molecule is CCCN(CCOC)C1CN1C1CCc2c(sc3ncnc(Cl)c23)C1. The van der Waals surface area contributed by atoms with Gasteiger partial charge in [-0.25, -0.2) is 9.97 Å². The molecule has 0 spiro atoms. The largest absolute Gasteiger partial charge is 0.383 e. The fourth-order valence-corrected chi connectivity index (χ4v) is 5.66. The summed E-state index contributed by atoms with van der Waals surface area (Å²) in [5, 5.41) is 1.71. The third-order valence-electron chi connectivity index (χ3n) is 5.38. The number of fused-ring (bicyclic) bond motifs is 3. The molecule has 0 bridgehead atoms. The van der Waals surface area contributed by atoms with Gasteiger partial charge in [-0.05, 0) is 37.8 Å². The van der Waals surface area contributed by atoms with E-state index in [1.54, 1.807) is 24.8 Å². The normalized spacial score (nSPS) is 25.5. The van der Waals surface area contributed by atoms with Gasteiger partial charge in [0.2, 0.25) is 0 Å². The summed E-state index contributed by atoms with van der Waals surface area (Å²) in [6, 6.07) is 0.638.